The van der Waals surface area contributed by atoms with Gasteiger partial charge in [-0.3, -0.25) is 19.7 Å². The molecule has 2 N–H and O–H groups in total. The lowest BCUT2D eigenvalue weighted by Gasteiger charge is -2.12. The molecule has 10 heteroatoms. The van der Waals surface area contributed by atoms with Crippen molar-refractivity contribution < 1.29 is 32.3 Å². The molecule has 0 aromatic heterocycles. The van der Waals surface area contributed by atoms with E-state index in [1.165, 1.54) is 25.3 Å². The highest BCUT2D eigenvalue weighted by molar-refractivity contribution is 8.18. The van der Waals surface area contributed by atoms with Gasteiger partial charge in [0.05, 0.1) is 29.7 Å². The fourth-order valence-corrected chi connectivity index (χ4v) is 3.36. The summed E-state index contributed by atoms with van der Waals surface area (Å²) in [5, 5.41) is 4.33. The fourth-order valence-electron chi connectivity index (χ4n) is 2.68. The molecule has 1 aliphatic rings. The highest BCUT2D eigenvalue weighted by Crippen LogP contribution is 2.31. The zero-order valence-electron chi connectivity index (χ0n) is 15.5. The van der Waals surface area contributed by atoms with Crippen molar-refractivity contribution in [1.29, 1.82) is 0 Å². The van der Waals surface area contributed by atoms with Crippen molar-refractivity contribution >= 4 is 40.6 Å². The van der Waals surface area contributed by atoms with Gasteiger partial charge in [-0.15, -0.1) is 0 Å². The highest BCUT2D eigenvalue weighted by Gasteiger charge is 2.30. The molecule has 30 heavy (non-hydrogen) atoms. The van der Waals surface area contributed by atoms with E-state index >= 15 is 0 Å². The molecule has 1 fully saturated rings. The Morgan fingerprint density at radius 3 is 2.43 bits per heavy atom. The molecule has 3 amide bonds. The maximum atomic E-state index is 12.6. The van der Waals surface area contributed by atoms with Crippen molar-refractivity contribution in [2.45, 2.75) is 12.6 Å². The Morgan fingerprint density at radius 2 is 1.87 bits per heavy atom. The Balaban J connectivity index is 1.75. The van der Waals surface area contributed by atoms with Crippen molar-refractivity contribution in [3.63, 3.8) is 0 Å². The van der Waals surface area contributed by atoms with Crippen LogP contribution in [0.5, 0.6) is 5.75 Å². The normalized spacial score (nSPS) is 15.3. The number of hydrogen-bond donors (Lipinski definition) is 2. The summed E-state index contributed by atoms with van der Waals surface area (Å²) in [7, 11) is 1.41. The average Bonchev–Trinajstić information content (AvgIpc) is 2.98. The first-order chi connectivity index (χ1) is 14.2. The van der Waals surface area contributed by atoms with E-state index in [0.29, 0.717) is 22.6 Å². The van der Waals surface area contributed by atoms with Gasteiger partial charge in [-0.2, -0.15) is 13.2 Å². The number of imide groups is 1. The SMILES string of the molecule is COc1ccc(C=C2SC(=O)NC2=O)cc1NC(=O)Cc1ccc(C(F)(F)F)cc1. The van der Waals surface area contributed by atoms with Crippen molar-refractivity contribution in [2.24, 2.45) is 0 Å². The number of hydrogen-bond acceptors (Lipinski definition) is 5. The number of carbonyl (C=O) groups excluding carboxylic acids is 3. The minimum atomic E-state index is -4.44. The second-order valence-electron chi connectivity index (χ2n) is 6.23. The van der Waals surface area contributed by atoms with Gasteiger partial charge in [0.1, 0.15) is 5.75 Å². The van der Waals surface area contributed by atoms with Crippen LogP contribution < -0.4 is 15.4 Å². The van der Waals surface area contributed by atoms with Crippen LogP contribution >= 0.6 is 11.8 Å². The van der Waals surface area contributed by atoms with Crippen LogP contribution in [0.3, 0.4) is 0 Å². The van der Waals surface area contributed by atoms with Crippen LogP contribution in [-0.2, 0) is 22.2 Å². The Hall–Kier alpha value is -3.27. The van der Waals surface area contributed by atoms with E-state index in [4.69, 9.17) is 4.74 Å². The van der Waals surface area contributed by atoms with E-state index < -0.39 is 28.8 Å². The van der Waals surface area contributed by atoms with Crippen molar-refractivity contribution in [2.75, 3.05) is 12.4 Å². The van der Waals surface area contributed by atoms with Gasteiger partial charge >= 0.3 is 6.18 Å². The number of anilines is 1. The molecule has 0 spiro atoms. The van der Waals surface area contributed by atoms with Crippen molar-refractivity contribution in [3.05, 3.63) is 64.1 Å². The topological polar surface area (TPSA) is 84.5 Å². The smallest absolute Gasteiger partial charge is 0.416 e. The molecule has 0 aliphatic carbocycles. The first kappa shape index (κ1) is 21.4. The van der Waals surface area contributed by atoms with E-state index in [2.05, 4.69) is 10.6 Å². The number of thioether (sulfide) groups is 1. The van der Waals surface area contributed by atoms with Gasteiger partial charge in [0.25, 0.3) is 11.1 Å². The predicted molar refractivity (Wildman–Crippen MR) is 106 cm³/mol. The van der Waals surface area contributed by atoms with Gasteiger partial charge in [0.2, 0.25) is 5.91 Å². The van der Waals surface area contributed by atoms with E-state index in [-0.39, 0.29) is 11.3 Å². The lowest BCUT2D eigenvalue weighted by atomic mass is 10.1. The quantitative estimate of drug-likeness (QED) is 0.686. The molecule has 0 unspecified atom stereocenters. The Labute approximate surface area is 173 Å². The molecule has 1 saturated heterocycles. The molecule has 0 bridgehead atoms. The number of nitrogens with one attached hydrogen (secondary N) is 2. The summed E-state index contributed by atoms with van der Waals surface area (Å²) in [6, 6.07) is 9.12. The summed E-state index contributed by atoms with van der Waals surface area (Å²) in [6.45, 7) is 0. The lowest BCUT2D eigenvalue weighted by molar-refractivity contribution is -0.137. The van der Waals surface area contributed by atoms with Crippen LogP contribution in [0.1, 0.15) is 16.7 Å². The Morgan fingerprint density at radius 1 is 1.17 bits per heavy atom. The van der Waals surface area contributed by atoms with Gasteiger partial charge < -0.3 is 10.1 Å². The number of ether oxygens (including phenoxy) is 1. The van der Waals surface area contributed by atoms with Gasteiger partial charge in [0.15, 0.2) is 0 Å². The Bertz CT molecular complexity index is 1030. The molecule has 0 radical (unpaired) electrons. The summed E-state index contributed by atoms with van der Waals surface area (Å²) in [5.41, 5.74) is 0.489. The summed E-state index contributed by atoms with van der Waals surface area (Å²) >= 11 is 0.766. The van der Waals surface area contributed by atoms with Gasteiger partial charge in [0, 0.05) is 0 Å². The summed E-state index contributed by atoms with van der Waals surface area (Å²) in [5.74, 6) is -0.604. The van der Waals surface area contributed by atoms with Crippen LogP contribution in [0.25, 0.3) is 6.08 Å². The van der Waals surface area contributed by atoms with Gasteiger partial charge in [-0.1, -0.05) is 18.2 Å². The van der Waals surface area contributed by atoms with E-state index in [1.54, 1.807) is 18.2 Å². The third-order valence-electron chi connectivity index (χ3n) is 4.08. The third kappa shape index (κ3) is 5.20. The molecule has 1 aliphatic heterocycles. The van der Waals surface area contributed by atoms with Gasteiger partial charge in [-0.05, 0) is 53.2 Å². The van der Waals surface area contributed by atoms with Crippen LogP contribution in [0.4, 0.5) is 23.7 Å². The minimum Gasteiger partial charge on any atom is -0.495 e. The zero-order valence-corrected chi connectivity index (χ0v) is 16.3. The molecule has 6 nitrogen and oxygen atoms in total. The Kier molecular flexibility index (Phi) is 6.16. The predicted octanol–water partition coefficient (Wildman–Crippen LogP) is 4.22. The first-order valence-electron chi connectivity index (χ1n) is 8.54. The molecule has 156 valence electrons. The minimum absolute atomic E-state index is 0.140. The number of methoxy groups -OCH3 is 1. The maximum Gasteiger partial charge on any atom is 0.416 e. The van der Waals surface area contributed by atoms with E-state index in [1.807, 2.05) is 0 Å². The number of carbonyl (C=O) groups is 3. The lowest BCUT2D eigenvalue weighted by Crippen LogP contribution is -2.17. The molecule has 2 aromatic carbocycles. The van der Waals surface area contributed by atoms with Gasteiger partial charge in [-0.25, -0.2) is 0 Å². The first-order valence-corrected chi connectivity index (χ1v) is 9.36. The maximum absolute atomic E-state index is 12.6. The molecular weight excluding hydrogens is 421 g/mol. The summed E-state index contributed by atoms with van der Waals surface area (Å²) < 4.78 is 43.1. The second kappa shape index (κ2) is 8.62. The van der Waals surface area contributed by atoms with E-state index in [0.717, 1.165) is 23.9 Å². The number of halogens is 3. The van der Waals surface area contributed by atoms with Crippen LogP contribution in [0.2, 0.25) is 0 Å². The molecule has 1 heterocycles. The van der Waals surface area contributed by atoms with Crippen molar-refractivity contribution in [3.8, 4) is 5.75 Å². The summed E-state index contributed by atoms with van der Waals surface area (Å²) in [6.07, 6.45) is -3.09. The number of benzene rings is 2. The molecular formula is C20H15F3N2O4S. The van der Waals surface area contributed by atoms with E-state index in [9.17, 15) is 27.6 Å². The van der Waals surface area contributed by atoms with Crippen molar-refractivity contribution in [1.82, 2.24) is 5.32 Å². The molecule has 0 saturated carbocycles. The monoisotopic (exact) mass is 436 g/mol. The van der Waals surface area contributed by atoms with Crippen LogP contribution in [0.15, 0.2) is 47.4 Å². The standard InChI is InChI=1S/C20H15F3N2O4S/c1-29-15-7-4-12(9-16-18(27)25-19(28)30-16)8-14(15)24-17(26)10-11-2-5-13(6-3-11)20(21,22)23/h2-9H,10H2,1H3,(H,24,26)(H,25,27,28). The third-order valence-corrected chi connectivity index (χ3v) is 4.89. The number of rotatable bonds is 5. The number of amides is 3. The molecule has 2 aromatic rings. The summed E-state index contributed by atoms with van der Waals surface area (Å²) in [4.78, 5) is 35.5. The highest BCUT2D eigenvalue weighted by atomic mass is 32.2. The average molecular weight is 436 g/mol. The van der Waals surface area contributed by atoms with Crippen LogP contribution in [-0.4, -0.2) is 24.2 Å². The second-order valence-corrected chi connectivity index (χ2v) is 7.25. The zero-order chi connectivity index (χ0) is 21.9. The number of alkyl halides is 3. The molecule has 3 rings (SSSR count). The van der Waals surface area contributed by atoms with Crippen LogP contribution in [0, 0.1) is 0 Å². The fraction of sp³-hybridized carbons (Fsp3) is 0.150. The molecule has 0 atom stereocenters. The largest absolute Gasteiger partial charge is 0.495 e.